The average Bonchev–Trinajstić information content (AvgIpc) is 2.75. The number of halogens is 8. The van der Waals surface area contributed by atoms with Gasteiger partial charge in [0, 0.05) is 11.1 Å². The first kappa shape index (κ1) is 25.0. The second-order valence-electron chi connectivity index (χ2n) is 7.19. The predicted octanol–water partition coefficient (Wildman–Crippen LogP) is 8.22. The first-order valence-electron chi connectivity index (χ1n) is 9.23. The van der Waals surface area contributed by atoms with Crippen LogP contribution < -0.4 is 0 Å². The first-order chi connectivity index (χ1) is 15.8. The van der Waals surface area contributed by atoms with Gasteiger partial charge in [-0.25, -0.2) is 8.42 Å². The van der Waals surface area contributed by atoms with Crippen molar-refractivity contribution in [1.29, 1.82) is 0 Å². The Balaban J connectivity index is 2.17. The minimum atomic E-state index is -4.63. The SMILES string of the molecule is O=S(Cl)c1ccc2cc(C(F)(F)F)ccc2c1-c1c(S(=O)Cl)ccc2cc(C(F)(F)F)ccc12. The Bertz CT molecular complexity index is 1390. The van der Waals surface area contributed by atoms with Crippen LogP contribution in [0.2, 0.25) is 0 Å². The fourth-order valence-electron chi connectivity index (χ4n) is 3.76. The molecule has 0 radical (unpaired) electrons. The van der Waals surface area contributed by atoms with E-state index >= 15 is 0 Å². The van der Waals surface area contributed by atoms with Crippen LogP contribution in [0.15, 0.2) is 70.5 Å². The third kappa shape index (κ3) is 4.56. The van der Waals surface area contributed by atoms with E-state index in [1.165, 1.54) is 24.3 Å². The van der Waals surface area contributed by atoms with Crippen molar-refractivity contribution in [2.75, 3.05) is 0 Å². The van der Waals surface area contributed by atoms with Crippen LogP contribution in [0, 0.1) is 0 Å². The second-order valence-corrected chi connectivity index (χ2v) is 10.6. The summed E-state index contributed by atoms with van der Waals surface area (Å²) < 4.78 is 104. The van der Waals surface area contributed by atoms with Gasteiger partial charge in [-0.2, -0.15) is 26.3 Å². The van der Waals surface area contributed by atoms with Gasteiger partial charge in [0.15, 0.2) is 0 Å². The molecule has 0 heterocycles. The number of hydrogen-bond acceptors (Lipinski definition) is 2. The Hall–Kier alpha value is -2.14. The molecule has 4 aromatic carbocycles. The van der Waals surface area contributed by atoms with Crippen LogP contribution in [0.3, 0.4) is 0 Å². The largest absolute Gasteiger partial charge is 0.416 e. The van der Waals surface area contributed by atoms with E-state index in [0.29, 0.717) is 0 Å². The quantitative estimate of drug-likeness (QED) is 0.189. The molecule has 0 bridgehead atoms. The molecular weight excluding hydrogens is 545 g/mol. The van der Waals surface area contributed by atoms with E-state index in [4.69, 9.17) is 21.4 Å². The number of hydrogen-bond donors (Lipinski definition) is 0. The first-order valence-corrected chi connectivity index (χ1v) is 13.2. The molecule has 34 heavy (non-hydrogen) atoms. The number of fused-ring (bicyclic) bond motifs is 2. The molecule has 2 nitrogen and oxygen atoms in total. The van der Waals surface area contributed by atoms with Gasteiger partial charge in [0.05, 0.1) is 20.9 Å². The molecule has 12 heteroatoms. The Morgan fingerprint density at radius 3 is 1.21 bits per heavy atom. The summed E-state index contributed by atoms with van der Waals surface area (Å²) in [7, 11) is 7.38. The molecule has 0 saturated heterocycles. The number of benzene rings is 4. The fourth-order valence-corrected chi connectivity index (χ4v) is 5.62. The summed E-state index contributed by atoms with van der Waals surface area (Å²) in [5.41, 5.74) is -1.73. The zero-order valence-electron chi connectivity index (χ0n) is 16.4. The van der Waals surface area contributed by atoms with Crippen molar-refractivity contribution in [2.45, 2.75) is 22.1 Å². The molecular formula is C22H10Cl2F6O2S2. The smallest absolute Gasteiger partial charge is 0.237 e. The standard InChI is InChI=1S/C22H10Cl2F6O2S2/c23-33(31)17-7-1-11-9-13(21(25,26)27)3-5-15(11)19(17)20-16-6-4-14(22(28,29)30)10-12(16)2-8-18(20)34(24)32/h1-10H. The number of rotatable bonds is 3. The van der Waals surface area contributed by atoms with Crippen LogP contribution in [0.4, 0.5) is 26.3 Å². The Morgan fingerprint density at radius 2 is 0.912 bits per heavy atom. The lowest BCUT2D eigenvalue weighted by Crippen LogP contribution is -2.05. The van der Waals surface area contributed by atoms with Gasteiger partial charge in [-0.15, -0.1) is 0 Å². The zero-order chi connectivity index (χ0) is 25.0. The van der Waals surface area contributed by atoms with E-state index in [1.54, 1.807) is 0 Å². The highest BCUT2D eigenvalue weighted by molar-refractivity contribution is 8.08. The molecule has 4 rings (SSSR count). The summed E-state index contributed by atoms with van der Waals surface area (Å²) in [5.74, 6) is 0. The predicted molar refractivity (Wildman–Crippen MR) is 121 cm³/mol. The van der Waals surface area contributed by atoms with Gasteiger partial charge in [-0.05, 0) is 79.3 Å². The van der Waals surface area contributed by atoms with Crippen molar-refractivity contribution in [3.05, 3.63) is 71.8 Å². The van der Waals surface area contributed by atoms with Crippen LogP contribution in [-0.2, 0) is 32.4 Å². The van der Waals surface area contributed by atoms with E-state index in [9.17, 15) is 34.8 Å². The Morgan fingerprint density at radius 1 is 0.559 bits per heavy atom. The van der Waals surface area contributed by atoms with Crippen LogP contribution in [0.1, 0.15) is 11.1 Å². The Kier molecular flexibility index (Phi) is 6.48. The summed E-state index contributed by atoms with van der Waals surface area (Å²) in [6.45, 7) is 0. The molecule has 0 aliphatic carbocycles. The van der Waals surface area contributed by atoms with Crippen molar-refractivity contribution < 1.29 is 34.8 Å². The monoisotopic (exact) mass is 554 g/mol. The van der Waals surface area contributed by atoms with Crippen molar-refractivity contribution in [3.63, 3.8) is 0 Å². The number of alkyl halides is 6. The zero-order valence-corrected chi connectivity index (χ0v) is 19.6. The molecule has 0 aliphatic rings. The molecule has 2 atom stereocenters. The molecule has 4 aromatic rings. The van der Waals surface area contributed by atoms with Gasteiger partial charge in [-0.3, -0.25) is 0 Å². The Labute approximate surface area is 202 Å². The topological polar surface area (TPSA) is 34.1 Å². The second kappa shape index (κ2) is 8.82. The highest BCUT2D eigenvalue weighted by Crippen LogP contribution is 2.44. The van der Waals surface area contributed by atoms with Crippen LogP contribution in [0.25, 0.3) is 32.7 Å². The molecule has 0 saturated carbocycles. The molecule has 0 fully saturated rings. The summed E-state index contributed by atoms with van der Waals surface area (Å²) in [5, 5.41) is 0.558. The maximum absolute atomic E-state index is 13.2. The lowest BCUT2D eigenvalue weighted by atomic mass is 9.92. The highest BCUT2D eigenvalue weighted by atomic mass is 35.7. The van der Waals surface area contributed by atoms with E-state index in [0.717, 1.165) is 36.4 Å². The van der Waals surface area contributed by atoms with Crippen molar-refractivity contribution in [2.24, 2.45) is 0 Å². The van der Waals surface area contributed by atoms with Crippen LogP contribution in [-0.4, -0.2) is 8.42 Å². The summed E-state index contributed by atoms with van der Waals surface area (Å²) >= 11 is 0. The van der Waals surface area contributed by atoms with E-state index in [-0.39, 0.29) is 42.5 Å². The van der Waals surface area contributed by atoms with Crippen LogP contribution >= 0.6 is 21.4 Å². The van der Waals surface area contributed by atoms with Gasteiger partial charge < -0.3 is 0 Å². The normalized spacial score (nSPS) is 14.5. The maximum atomic E-state index is 13.2. The lowest BCUT2D eigenvalue weighted by molar-refractivity contribution is -0.138. The third-order valence-corrected chi connectivity index (χ3v) is 7.58. The molecule has 0 aliphatic heterocycles. The van der Waals surface area contributed by atoms with Gasteiger partial charge in [0.2, 0.25) is 0 Å². The molecule has 0 N–H and O–H groups in total. The summed E-state index contributed by atoms with van der Waals surface area (Å²) in [6, 6.07) is 10.8. The summed E-state index contributed by atoms with van der Waals surface area (Å²) in [6.07, 6.45) is -9.25. The van der Waals surface area contributed by atoms with Crippen molar-refractivity contribution in [3.8, 4) is 11.1 Å². The maximum Gasteiger partial charge on any atom is 0.416 e. The third-order valence-electron chi connectivity index (χ3n) is 5.21. The van der Waals surface area contributed by atoms with Gasteiger partial charge in [0.25, 0.3) is 0 Å². The highest BCUT2D eigenvalue weighted by Gasteiger charge is 2.32. The fraction of sp³-hybridized carbons (Fsp3) is 0.0909. The molecule has 2 unspecified atom stereocenters. The molecule has 0 spiro atoms. The molecule has 178 valence electrons. The molecule has 0 amide bonds. The molecule has 0 aromatic heterocycles. The average molecular weight is 555 g/mol. The summed E-state index contributed by atoms with van der Waals surface area (Å²) in [4.78, 5) is -0.0469. The van der Waals surface area contributed by atoms with Gasteiger partial charge >= 0.3 is 12.4 Å². The van der Waals surface area contributed by atoms with Gasteiger partial charge in [-0.1, -0.05) is 24.3 Å². The van der Waals surface area contributed by atoms with E-state index in [1.807, 2.05) is 0 Å². The minimum absolute atomic E-state index is 0.0234. The van der Waals surface area contributed by atoms with E-state index in [2.05, 4.69) is 0 Å². The van der Waals surface area contributed by atoms with E-state index < -0.39 is 43.5 Å². The lowest BCUT2D eigenvalue weighted by Gasteiger charge is -2.18. The van der Waals surface area contributed by atoms with Crippen LogP contribution in [0.5, 0.6) is 0 Å². The van der Waals surface area contributed by atoms with Crippen molar-refractivity contribution in [1.82, 2.24) is 0 Å². The van der Waals surface area contributed by atoms with Gasteiger partial charge in [0.1, 0.15) is 20.0 Å². The minimum Gasteiger partial charge on any atom is -0.237 e. The van der Waals surface area contributed by atoms with Crippen molar-refractivity contribution >= 4 is 62.9 Å².